The highest BCUT2D eigenvalue weighted by Gasteiger charge is 2.26. The Labute approximate surface area is 146 Å². The first-order valence-electron chi connectivity index (χ1n) is 8.95. The number of rotatable bonds is 5. The summed E-state index contributed by atoms with van der Waals surface area (Å²) in [5.74, 6) is 0.402. The second kappa shape index (κ2) is 7.66. The number of aromatic nitrogens is 2. The minimum absolute atomic E-state index is 0.0359. The summed E-state index contributed by atoms with van der Waals surface area (Å²) in [6.45, 7) is 15.7. The van der Waals surface area contributed by atoms with Crippen molar-refractivity contribution in [2.75, 3.05) is 39.8 Å². The fraction of sp³-hybridized carbons (Fsp3) is 0.778. The monoisotopic (exact) mass is 335 g/mol. The Bertz CT molecular complexity index is 538. The first kappa shape index (κ1) is 18.9. The molecule has 0 aromatic carbocycles. The molecule has 1 aliphatic rings. The Balaban J connectivity index is 1.94. The highest BCUT2D eigenvalue weighted by molar-refractivity contribution is 5.92. The second-order valence-electron chi connectivity index (χ2n) is 8.28. The standard InChI is InChI=1S/C18H33N5O/c1-13(2)15(23-9-7-22(6)8-10-23)12-19-17(24)14-11-16(21-20-14)18(3,4)5/h11,13,15H,7-10,12H2,1-6H3,(H,19,24)(H,20,21). The number of H-pyrrole nitrogens is 1. The molecule has 2 rings (SSSR count). The third kappa shape index (κ3) is 4.80. The van der Waals surface area contributed by atoms with Crippen LogP contribution in [-0.4, -0.2) is 71.7 Å². The second-order valence-corrected chi connectivity index (χ2v) is 8.28. The van der Waals surface area contributed by atoms with Gasteiger partial charge in [-0.1, -0.05) is 34.6 Å². The van der Waals surface area contributed by atoms with E-state index in [4.69, 9.17) is 0 Å². The maximum atomic E-state index is 12.4. The summed E-state index contributed by atoms with van der Waals surface area (Å²) in [6.07, 6.45) is 0. The lowest BCUT2D eigenvalue weighted by atomic mass is 9.92. The number of nitrogens with zero attached hydrogens (tertiary/aromatic N) is 3. The van der Waals surface area contributed by atoms with Crippen molar-refractivity contribution < 1.29 is 4.79 Å². The first-order valence-corrected chi connectivity index (χ1v) is 8.95. The van der Waals surface area contributed by atoms with Crippen molar-refractivity contribution in [3.63, 3.8) is 0 Å². The molecular weight excluding hydrogens is 302 g/mol. The van der Waals surface area contributed by atoms with E-state index < -0.39 is 0 Å². The summed E-state index contributed by atoms with van der Waals surface area (Å²) >= 11 is 0. The van der Waals surface area contributed by atoms with Crippen LogP contribution in [0.25, 0.3) is 0 Å². The minimum atomic E-state index is -0.0958. The van der Waals surface area contributed by atoms with Crippen molar-refractivity contribution in [3.05, 3.63) is 17.5 Å². The summed E-state index contributed by atoms with van der Waals surface area (Å²) in [4.78, 5) is 17.3. The third-order valence-electron chi connectivity index (χ3n) is 4.87. The average molecular weight is 335 g/mol. The Morgan fingerprint density at radius 3 is 2.42 bits per heavy atom. The topological polar surface area (TPSA) is 64.3 Å². The van der Waals surface area contributed by atoms with E-state index in [1.54, 1.807) is 0 Å². The van der Waals surface area contributed by atoms with Crippen molar-refractivity contribution in [2.24, 2.45) is 5.92 Å². The van der Waals surface area contributed by atoms with Gasteiger partial charge in [0, 0.05) is 49.9 Å². The summed E-state index contributed by atoms with van der Waals surface area (Å²) in [5.41, 5.74) is 1.42. The quantitative estimate of drug-likeness (QED) is 0.860. The van der Waals surface area contributed by atoms with Crippen LogP contribution in [0.2, 0.25) is 0 Å². The van der Waals surface area contributed by atoms with Crippen LogP contribution in [0, 0.1) is 5.92 Å². The van der Waals surface area contributed by atoms with Gasteiger partial charge in [-0.15, -0.1) is 0 Å². The molecule has 6 heteroatoms. The first-order chi connectivity index (χ1) is 11.2. The van der Waals surface area contributed by atoms with E-state index in [-0.39, 0.29) is 11.3 Å². The van der Waals surface area contributed by atoms with Gasteiger partial charge in [-0.3, -0.25) is 14.8 Å². The molecule has 1 aromatic rings. The number of aromatic amines is 1. The maximum absolute atomic E-state index is 12.4. The minimum Gasteiger partial charge on any atom is -0.349 e. The lowest BCUT2D eigenvalue weighted by Gasteiger charge is -2.39. The molecule has 1 aromatic heterocycles. The number of amides is 1. The fourth-order valence-corrected chi connectivity index (χ4v) is 3.05. The number of nitrogens with one attached hydrogen (secondary N) is 2. The smallest absolute Gasteiger partial charge is 0.271 e. The molecule has 1 unspecified atom stereocenters. The van der Waals surface area contributed by atoms with Gasteiger partial charge >= 0.3 is 0 Å². The van der Waals surface area contributed by atoms with Gasteiger partial charge < -0.3 is 10.2 Å². The average Bonchev–Trinajstić information content (AvgIpc) is 2.99. The van der Waals surface area contributed by atoms with Gasteiger partial charge in [0.25, 0.3) is 5.91 Å². The predicted molar refractivity (Wildman–Crippen MR) is 97.3 cm³/mol. The zero-order chi connectivity index (χ0) is 17.9. The third-order valence-corrected chi connectivity index (χ3v) is 4.87. The summed E-state index contributed by atoms with van der Waals surface area (Å²) in [5, 5.41) is 10.2. The van der Waals surface area contributed by atoms with Crippen molar-refractivity contribution in [1.82, 2.24) is 25.3 Å². The largest absolute Gasteiger partial charge is 0.349 e. The highest BCUT2D eigenvalue weighted by atomic mass is 16.1. The van der Waals surface area contributed by atoms with Crippen LogP contribution in [0.5, 0.6) is 0 Å². The van der Waals surface area contributed by atoms with Gasteiger partial charge in [0.15, 0.2) is 0 Å². The normalized spacial score (nSPS) is 18.8. The van der Waals surface area contributed by atoms with Gasteiger partial charge in [-0.25, -0.2) is 0 Å². The van der Waals surface area contributed by atoms with E-state index >= 15 is 0 Å². The van der Waals surface area contributed by atoms with Gasteiger partial charge in [-0.05, 0) is 19.0 Å². The van der Waals surface area contributed by atoms with Crippen molar-refractivity contribution in [3.8, 4) is 0 Å². The predicted octanol–water partition coefficient (Wildman–Crippen LogP) is 1.71. The number of hydrogen-bond acceptors (Lipinski definition) is 4. The van der Waals surface area contributed by atoms with Gasteiger partial charge in [-0.2, -0.15) is 5.10 Å². The fourth-order valence-electron chi connectivity index (χ4n) is 3.05. The summed E-state index contributed by atoms with van der Waals surface area (Å²) in [7, 11) is 2.16. The van der Waals surface area contributed by atoms with Gasteiger partial charge in [0.2, 0.25) is 0 Å². The van der Waals surface area contributed by atoms with Crippen LogP contribution in [0.1, 0.15) is 50.8 Å². The number of carbonyl (C=O) groups excluding carboxylic acids is 1. The SMILES string of the molecule is CC(C)C(CNC(=O)c1cc(C(C)(C)C)[nH]n1)N1CCN(C)CC1. The zero-order valence-corrected chi connectivity index (χ0v) is 16.0. The molecule has 1 saturated heterocycles. The van der Waals surface area contributed by atoms with Gasteiger partial charge in [0.1, 0.15) is 5.69 Å². The molecule has 0 radical (unpaired) electrons. The molecule has 0 saturated carbocycles. The number of hydrogen-bond donors (Lipinski definition) is 2. The molecule has 1 aliphatic heterocycles. The Hall–Kier alpha value is -1.40. The Morgan fingerprint density at radius 1 is 1.29 bits per heavy atom. The molecule has 1 amide bonds. The lowest BCUT2D eigenvalue weighted by Crippen LogP contribution is -2.54. The van der Waals surface area contributed by atoms with E-state index in [1.165, 1.54) is 0 Å². The number of carbonyl (C=O) groups is 1. The molecule has 136 valence electrons. The molecular formula is C18H33N5O. The number of piperazine rings is 1. The summed E-state index contributed by atoms with van der Waals surface area (Å²) in [6, 6.07) is 2.22. The van der Waals surface area contributed by atoms with Crippen molar-refractivity contribution in [1.29, 1.82) is 0 Å². The van der Waals surface area contributed by atoms with E-state index in [1.807, 2.05) is 6.07 Å². The van der Waals surface area contributed by atoms with E-state index in [0.29, 0.717) is 24.2 Å². The Morgan fingerprint density at radius 2 is 1.92 bits per heavy atom. The molecule has 24 heavy (non-hydrogen) atoms. The molecule has 2 heterocycles. The molecule has 6 nitrogen and oxygen atoms in total. The van der Waals surface area contributed by atoms with Crippen LogP contribution in [0.15, 0.2) is 6.07 Å². The van der Waals surface area contributed by atoms with Gasteiger partial charge in [0.05, 0.1) is 0 Å². The number of likely N-dealkylation sites (N-methyl/N-ethyl adjacent to an activating group) is 1. The highest BCUT2D eigenvalue weighted by Crippen LogP contribution is 2.20. The van der Waals surface area contributed by atoms with E-state index in [0.717, 1.165) is 31.9 Å². The van der Waals surface area contributed by atoms with Crippen LogP contribution >= 0.6 is 0 Å². The Kier molecular flexibility index (Phi) is 6.04. The molecule has 0 bridgehead atoms. The van der Waals surface area contributed by atoms with E-state index in [2.05, 4.69) is 67.0 Å². The molecule has 0 spiro atoms. The molecule has 1 atom stereocenters. The molecule has 1 fully saturated rings. The van der Waals surface area contributed by atoms with Crippen LogP contribution < -0.4 is 5.32 Å². The van der Waals surface area contributed by atoms with Crippen molar-refractivity contribution in [2.45, 2.75) is 46.1 Å². The molecule has 0 aliphatic carbocycles. The van der Waals surface area contributed by atoms with E-state index in [9.17, 15) is 4.79 Å². The lowest BCUT2D eigenvalue weighted by molar-refractivity contribution is 0.0788. The molecule has 2 N–H and O–H groups in total. The zero-order valence-electron chi connectivity index (χ0n) is 16.0. The summed E-state index contributed by atoms with van der Waals surface area (Å²) < 4.78 is 0. The van der Waals surface area contributed by atoms with Crippen molar-refractivity contribution >= 4 is 5.91 Å². The van der Waals surface area contributed by atoms with Crippen LogP contribution in [0.4, 0.5) is 0 Å². The van der Waals surface area contributed by atoms with Crippen LogP contribution in [0.3, 0.4) is 0 Å². The van der Waals surface area contributed by atoms with Crippen LogP contribution in [-0.2, 0) is 5.41 Å². The maximum Gasteiger partial charge on any atom is 0.271 e.